The van der Waals surface area contributed by atoms with Gasteiger partial charge in [0.05, 0.1) is 0 Å². The van der Waals surface area contributed by atoms with E-state index in [-0.39, 0.29) is 9.30 Å². The first-order valence-corrected chi connectivity index (χ1v) is 6.78. The molecular weight excluding hydrogens is 360 g/mol. The molecule has 1 aromatic carbocycles. The number of rotatable bonds is 1. The van der Waals surface area contributed by atoms with Crippen molar-refractivity contribution in [3.05, 3.63) is 33.8 Å². The van der Waals surface area contributed by atoms with Gasteiger partial charge in [0.2, 0.25) is 0 Å². The van der Waals surface area contributed by atoms with Crippen molar-refractivity contribution >= 4 is 37.8 Å². The van der Waals surface area contributed by atoms with E-state index >= 15 is 0 Å². The molecule has 0 spiro atoms. The summed E-state index contributed by atoms with van der Waals surface area (Å²) in [6, 6.07) is 2.19. The van der Waals surface area contributed by atoms with Gasteiger partial charge < -0.3 is 4.90 Å². The Balaban J connectivity index is 2.31. The molecule has 1 heterocycles. The maximum Gasteiger partial charge on any atom is 0.259 e. The number of hydrogen-bond donors (Lipinski definition) is 0. The highest BCUT2D eigenvalue weighted by Crippen LogP contribution is 2.24. The molecule has 0 radical (unpaired) electrons. The predicted molar refractivity (Wildman–Crippen MR) is 67.3 cm³/mol. The molecule has 2 nitrogen and oxygen atoms in total. The van der Waals surface area contributed by atoms with Crippen molar-refractivity contribution in [3.63, 3.8) is 0 Å². The van der Waals surface area contributed by atoms with E-state index in [1.54, 1.807) is 0 Å². The average molecular weight is 369 g/mol. The van der Waals surface area contributed by atoms with Crippen LogP contribution in [0.5, 0.6) is 0 Å². The second kappa shape index (κ2) is 5.02. The molecule has 0 bridgehead atoms. The molecule has 0 aliphatic carbocycles. The third kappa shape index (κ3) is 2.68. The Labute approximate surface area is 114 Å². The van der Waals surface area contributed by atoms with Crippen LogP contribution in [0.15, 0.2) is 16.6 Å². The molecule has 1 amide bonds. The summed E-state index contributed by atoms with van der Waals surface area (Å²) < 4.78 is 27.4. The highest BCUT2D eigenvalue weighted by Gasteiger charge is 2.29. The summed E-state index contributed by atoms with van der Waals surface area (Å²) in [5.41, 5.74) is -0.477. The van der Waals surface area contributed by atoms with E-state index in [1.165, 1.54) is 4.90 Å². The fraction of sp³-hybridized carbons (Fsp3) is 0.364. The molecule has 1 fully saturated rings. The third-order valence-corrected chi connectivity index (χ3v) is 3.84. The molecule has 92 valence electrons. The van der Waals surface area contributed by atoms with Crippen molar-refractivity contribution < 1.29 is 13.6 Å². The summed E-state index contributed by atoms with van der Waals surface area (Å²) >= 11 is 6.36. The Morgan fingerprint density at radius 2 is 1.94 bits per heavy atom. The van der Waals surface area contributed by atoms with Crippen LogP contribution in [0.4, 0.5) is 8.78 Å². The molecule has 1 unspecified atom stereocenters. The molecule has 0 saturated carbocycles. The minimum Gasteiger partial charge on any atom is -0.337 e. The van der Waals surface area contributed by atoms with Gasteiger partial charge in [0, 0.05) is 22.4 Å². The van der Waals surface area contributed by atoms with Crippen LogP contribution >= 0.6 is 31.9 Å². The van der Waals surface area contributed by atoms with Crippen LogP contribution in [0, 0.1) is 11.6 Å². The minimum absolute atomic E-state index is 0.202. The number of carbonyl (C=O) groups is 1. The van der Waals surface area contributed by atoms with E-state index in [4.69, 9.17) is 0 Å². The Kier molecular flexibility index (Phi) is 3.82. The first kappa shape index (κ1) is 13.0. The lowest BCUT2D eigenvalue weighted by Gasteiger charge is -2.16. The van der Waals surface area contributed by atoms with Crippen LogP contribution in [0.1, 0.15) is 16.8 Å². The van der Waals surface area contributed by atoms with E-state index in [1.807, 2.05) is 0 Å². The van der Waals surface area contributed by atoms with Crippen molar-refractivity contribution in [1.29, 1.82) is 0 Å². The van der Waals surface area contributed by atoms with Crippen LogP contribution in [-0.4, -0.2) is 28.7 Å². The average Bonchev–Trinajstić information content (AvgIpc) is 2.63. The van der Waals surface area contributed by atoms with Crippen LogP contribution < -0.4 is 0 Å². The Morgan fingerprint density at radius 3 is 2.41 bits per heavy atom. The van der Waals surface area contributed by atoms with Crippen LogP contribution in [0.3, 0.4) is 0 Å². The number of nitrogens with zero attached hydrogens (tertiary/aromatic N) is 1. The summed E-state index contributed by atoms with van der Waals surface area (Å²) in [6.45, 7) is 0.997. The maximum absolute atomic E-state index is 13.6. The van der Waals surface area contributed by atoms with Crippen LogP contribution in [0.25, 0.3) is 0 Å². The molecular formula is C11H9Br2F2NO. The standard InChI is InChI=1S/C11H9Br2F2NO/c12-6-1-2-16(5-6)11(17)10-8(14)3-7(13)4-9(10)15/h3-4,6H,1-2,5H2. The molecule has 6 heteroatoms. The lowest BCUT2D eigenvalue weighted by molar-refractivity contribution is 0.0783. The molecule has 1 saturated heterocycles. The number of halogens is 4. The molecule has 17 heavy (non-hydrogen) atoms. The van der Waals surface area contributed by atoms with Gasteiger partial charge in [-0.1, -0.05) is 31.9 Å². The monoisotopic (exact) mass is 367 g/mol. The normalized spacial score (nSPS) is 19.8. The van der Waals surface area contributed by atoms with Gasteiger partial charge in [-0.25, -0.2) is 8.78 Å². The molecule has 2 rings (SSSR count). The number of benzene rings is 1. The SMILES string of the molecule is O=C(c1c(F)cc(Br)cc1F)N1CCC(Br)C1. The van der Waals surface area contributed by atoms with Gasteiger partial charge in [-0.3, -0.25) is 4.79 Å². The quantitative estimate of drug-likeness (QED) is 0.696. The topological polar surface area (TPSA) is 20.3 Å². The number of amides is 1. The molecule has 1 aromatic rings. The minimum atomic E-state index is -0.833. The van der Waals surface area contributed by atoms with Gasteiger partial charge in [-0.15, -0.1) is 0 Å². The van der Waals surface area contributed by atoms with E-state index in [2.05, 4.69) is 31.9 Å². The first-order valence-electron chi connectivity index (χ1n) is 5.07. The van der Waals surface area contributed by atoms with Crippen LogP contribution in [-0.2, 0) is 0 Å². The number of likely N-dealkylation sites (tertiary alicyclic amines) is 1. The summed E-state index contributed by atoms with van der Waals surface area (Å²) in [7, 11) is 0. The molecule has 0 N–H and O–H groups in total. The second-order valence-electron chi connectivity index (χ2n) is 3.88. The van der Waals surface area contributed by atoms with Gasteiger partial charge in [-0.2, -0.15) is 0 Å². The van der Waals surface area contributed by atoms with E-state index in [9.17, 15) is 13.6 Å². The fourth-order valence-electron chi connectivity index (χ4n) is 1.81. The van der Waals surface area contributed by atoms with Crippen molar-refractivity contribution in [2.45, 2.75) is 11.2 Å². The number of hydrogen-bond acceptors (Lipinski definition) is 1. The van der Waals surface area contributed by atoms with E-state index < -0.39 is 23.1 Å². The maximum atomic E-state index is 13.6. The Morgan fingerprint density at radius 1 is 1.35 bits per heavy atom. The van der Waals surface area contributed by atoms with Gasteiger partial charge in [0.15, 0.2) is 0 Å². The summed E-state index contributed by atoms with van der Waals surface area (Å²) in [4.78, 5) is 13.6. The molecule has 0 aromatic heterocycles. The van der Waals surface area contributed by atoms with Gasteiger partial charge in [-0.05, 0) is 18.6 Å². The summed E-state index contributed by atoms with van der Waals surface area (Å²) in [5.74, 6) is -2.26. The Hall–Kier alpha value is -0.490. The van der Waals surface area contributed by atoms with Gasteiger partial charge in [0.25, 0.3) is 5.91 Å². The summed E-state index contributed by atoms with van der Waals surface area (Å²) in [5, 5.41) is 0. The highest BCUT2D eigenvalue weighted by atomic mass is 79.9. The van der Waals surface area contributed by atoms with Crippen molar-refractivity contribution in [1.82, 2.24) is 4.90 Å². The van der Waals surface area contributed by atoms with Gasteiger partial charge >= 0.3 is 0 Å². The zero-order valence-electron chi connectivity index (χ0n) is 8.72. The number of carbonyl (C=O) groups excluding carboxylic acids is 1. The highest BCUT2D eigenvalue weighted by molar-refractivity contribution is 9.10. The molecule has 1 aliphatic rings. The van der Waals surface area contributed by atoms with Crippen molar-refractivity contribution in [2.24, 2.45) is 0 Å². The number of alkyl halides is 1. The van der Waals surface area contributed by atoms with Gasteiger partial charge in [0.1, 0.15) is 17.2 Å². The van der Waals surface area contributed by atoms with Crippen LogP contribution in [0.2, 0.25) is 0 Å². The Bertz CT molecular complexity index is 444. The lowest BCUT2D eigenvalue weighted by Crippen LogP contribution is -2.30. The summed E-state index contributed by atoms with van der Waals surface area (Å²) in [6.07, 6.45) is 0.797. The fourth-order valence-corrected chi connectivity index (χ4v) is 2.76. The van der Waals surface area contributed by atoms with Crippen molar-refractivity contribution in [2.75, 3.05) is 13.1 Å². The first-order chi connectivity index (χ1) is 7.99. The van der Waals surface area contributed by atoms with E-state index in [0.717, 1.165) is 18.6 Å². The lowest BCUT2D eigenvalue weighted by atomic mass is 10.1. The molecule has 1 atom stereocenters. The zero-order valence-corrected chi connectivity index (χ0v) is 11.9. The smallest absolute Gasteiger partial charge is 0.259 e. The van der Waals surface area contributed by atoms with Crippen molar-refractivity contribution in [3.8, 4) is 0 Å². The molecule has 1 aliphatic heterocycles. The second-order valence-corrected chi connectivity index (χ2v) is 6.09. The third-order valence-electron chi connectivity index (χ3n) is 2.64. The van der Waals surface area contributed by atoms with E-state index in [0.29, 0.717) is 13.1 Å². The zero-order chi connectivity index (χ0) is 12.6. The predicted octanol–water partition coefficient (Wildman–Crippen LogP) is 3.34. The largest absolute Gasteiger partial charge is 0.337 e.